The number of pyridine rings is 1. The number of aromatic nitrogens is 2. The summed E-state index contributed by atoms with van der Waals surface area (Å²) < 4.78 is 0.730. The SMILES string of the molecule is Clc1cnc(CNCc2cccnc2)s1. The summed E-state index contributed by atoms with van der Waals surface area (Å²) in [6, 6.07) is 3.96. The fraction of sp³-hybridized carbons (Fsp3) is 0.200. The molecule has 0 aliphatic rings. The number of hydrogen-bond acceptors (Lipinski definition) is 4. The first kappa shape index (κ1) is 10.5. The predicted molar refractivity (Wildman–Crippen MR) is 61.9 cm³/mol. The fourth-order valence-electron chi connectivity index (χ4n) is 1.19. The second kappa shape index (κ2) is 5.21. The van der Waals surface area contributed by atoms with Crippen molar-refractivity contribution in [3.05, 3.63) is 45.6 Å². The van der Waals surface area contributed by atoms with Crippen LogP contribution < -0.4 is 5.32 Å². The molecule has 2 heterocycles. The molecular formula is C10H10ClN3S. The third-order valence-corrected chi connectivity index (χ3v) is 2.97. The van der Waals surface area contributed by atoms with Gasteiger partial charge in [0.15, 0.2) is 0 Å². The Bertz CT molecular complexity index is 416. The van der Waals surface area contributed by atoms with E-state index in [-0.39, 0.29) is 0 Å². The van der Waals surface area contributed by atoms with E-state index in [0.29, 0.717) is 0 Å². The van der Waals surface area contributed by atoms with E-state index in [1.165, 1.54) is 16.9 Å². The van der Waals surface area contributed by atoms with Gasteiger partial charge in [-0.1, -0.05) is 17.7 Å². The minimum atomic E-state index is 0.730. The first-order chi connectivity index (χ1) is 7.34. The van der Waals surface area contributed by atoms with Crippen molar-refractivity contribution in [3.8, 4) is 0 Å². The molecule has 0 saturated heterocycles. The quantitative estimate of drug-likeness (QED) is 0.891. The van der Waals surface area contributed by atoms with Gasteiger partial charge in [0.1, 0.15) is 9.34 Å². The van der Waals surface area contributed by atoms with Crippen molar-refractivity contribution in [2.45, 2.75) is 13.1 Å². The van der Waals surface area contributed by atoms with Crippen LogP contribution in [0.25, 0.3) is 0 Å². The molecule has 0 saturated carbocycles. The fourth-order valence-corrected chi connectivity index (χ4v) is 2.11. The van der Waals surface area contributed by atoms with Gasteiger partial charge in [0, 0.05) is 25.5 Å². The lowest BCUT2D eigenvalue weighted by Gasteiger charge is -2.01. The van der Waals surface area contributed by atoms with Crippen molar-refractivity contribution in [1.29, 1.82) is 0 Å². The van der Waals surface area contributed by atoms with Crippen LogP contribution in [-0.2, 0) is 13.1 Å². The number of nitrogens with one attached hydrogen (secondary N) is 1. The second-order valence-corrected chi connectivity index (χ2v) is 4.77. The van der Waals surface area contributed by atoms with Crippen molar-refractivity contribution in [1.82, 2.24) is 15.3 Å². The largest absolute Gasteiger partial charge is 0.306 e. The first-order valence-corrected chi connectivity index (χ1v) is 5.74. The molecule has 0 amide bonds. The highest BCUT2D eigenvalue weighted by molar-refractivity contribution is 7.15. The normalized spacial score (nSPS) is 10.5. The lowest BCUT2D eigenvalue weighted by molar-refractivity contribution is 0.688. The van der Waals surface area contributed by atoms with Crippen molar-refractivity contribution in [3.63, 3.8) is 0 Å². The summed E-state index contributed by atoms with van der Waals surface area (Å²) in [6.45, 7) is 1.54. The van der Waals surface area contributed by atoms with Crippen molar-refractivity contribution in [2.75, 3.05) is 0 Å². The minimum absolute atomic E-state index is 0.730. The Morgan fingerprint density at radius 3 is 2.93 bits per heavy atom. The van der Waals surface area contributed by atoms with Crippen LogP contribution in [0.4, 0.5) is 0 Å². The number of hydrogen-bond donors (Lipinski definition) is 1. The maximum Gasteiger partial charge on any atom is 0.113 e. The summed E-state index contributed by atoms with van der Waals surface area (Å²) >= 11 is 7.27. The average molecular weight is 240 g/mol. The maximum absolute atomic E-state index is 5.77. The second-order valence-electron chi connectivity index (χ2n) is 3.02. The van der Waals surface area contributed by atoms with Crippen LogP contribution in [0.1, 0.15) is 10.6 Å². The number of rotatable bonds is 4. The molecule has 3 nitrogen and oxygen atoms in total. The molecule has 2 aromatic rings. The van der Waals surface area contributed by atoms with Crippen molar-refractivity contribution >= 4 is 22.9 Å². The third kappa shape index (κ3) is 3.27. The van der Waals surface area contributed by atoms with Gasteiger partial charge < -0.3 is 5.32 Å². The Labute approximate surface area is 97.2 Å². The Balaban J connectivity index is 1.80. The molecule has 0 unspecified atom stereocenters. The lowest BCUT2D eigenvalue weighted by atomic mass is 10.3. The molecule has 0 radical (unpaired) electrons. The first-order valence-electron chi connectivity index (χ1n) is 4.54. The number of halogens is 1. The molecule has 5 heteroatoms. The van der Waals surface area contributed by atoms with E-state index in [1.54, 1.807) is 12.4 Å². The number of thiazole rings is 1. The lowest BCUT2D eigenvalue weighted by Crippen LogP contribution is -2.12. The Morgan fingerprint density at radius 1 is 1.33 bits per heavy atom. The third-order valence-electron chi connectivity index (χ3n) is 1.85. The van der Waals surface area contributed by atoms with E-state index in [0.717, 1.165) is 22.4 Å². The highest BCUT2D eigenvalue weighted by Gasteiger charge is 1.99. The highest BCUT2D eigenvalue weighted by Crippen LogP contribution is 2.17. The standard InChI is InChI=1S/C10H10ClN3S/c11-9-6-14-10(15-9)7-13-5-8-2-1-3-12-4-8/h1-4,6,13H,5,7H2. The molecular weight excluding hydrogens is 230 g/mol. The summed E-state index contributed by atoms with van der Waals surface area (Å²) in [4.78, 5) is 8.20. The van der Waals surface area contributed by atoms with Gasteiger partial charge in [0.05, 0.1) is 6.20 Å². The van der Waals surface area contributed by atoms with Crippen molar-refractivity contribution < 1.29 is 0 Å². The molecule has 0 fully saturated rings. The zero-order valence-electron chi connectivity index (χ0n) is 7.98. The van der Waals surface area contributed by atoms with Crippen LogP contribution in [-0.4, -0.2) is 9.97 Å². The van der Waals surface area contributed by atoms with Gasteiger partial charge in [-0.15, -0.1) is 11.3 Å². The molecule has 15 heavy (non-hydrogen) atoms. The zero-order chi connectivity index (χ0) is 10.5. The van der Waals surface area contributed by atoms with Crippen LogP contribution in [0, 0.1) is 0 Å². The summed E-state index contributed by atoms with van der Waals surface area (Å²) in [6.07, 6.45) is 5.29. The van der Waals surface area contributed by atoms with Crippen molar-refractivity contribution in [2.24, 2.45) is 0 Å². The molecule has 0 aliphatic carbocycles. The van der Waals surface area contributed by atoms with Gasteiger partial charge in [-0.2, -0.15) is 0 Å². The predicted octanol–water partition coefficient (Wildman–Crippen LogP) is 2.48. The van der Waals surface area contributed by atoms with E-state index in [2.05, 4.69) is 15.3 Å². The van der Waals surface area contributed by atoms with Gasteiger partial charge in [-0.25, -0.2) is 4.98 Å². The molecule has 0 aliphatic heterocycles. The average Bonchev–Trinajstić information content (AvgIpc) is 2.66. The van der Waals surface area contributed by atoms with Gasteiger partial charge in [-0.3, -0.25) is 4.98 Å². The summed E-state index contributed by atoms with van der Waals surface area (Å²) in [5.74, 6) is 0. The molecule has 0 spiro atoms. The Morgan fingerprint density at radius 2 is 2.27 bits per heavy atom. The van der Waals surface area contributed by atoms with Crippen LogP contribution in [0.2, 0.25) is 4.34 Å². The topological polar surface area (TPSA) is 37.8 Å². The summed E-state index contributed by atoms with van der Waals surface area (Å²) in [5.41, 5.74) is 1.17. The van der Waals surface area contributed by atoms with Crippen LogP contribution in [0.5, 0.6) is 0 Å². The molecule has 1 N–H and O–H groups in total. The molecule has 2 aromatic heterocycles. The Hall–Kier alpha value is -0.970. The zero-order valence-corrected chi connectivity index (χ0v) is 9.55. The molecule has 0 bridgehead atoms. The van der Waals surface area contributed by atoms with Crippen LogP contribution in [0.3, 0.4) is 0 Å². The van der Waals surface area contributed by atoms with E-state index in [1.807, 2.05) is 18.3 Å². The maximum atomic E-state index is 5.77. The van der Waals surface area contributed by atoms with Gasteiger partial charge in [0.2, 0.25) is 0 Å². The van der Waals surface area contributed by atoms with E-state index < -0.39 is 0 Å². The summed E-state index contributed by atoms with van der Waals surface area (Å²) in [5, 5.41) is 4.28. The monoisotopic (exact) mass is 239 g/mol. The van der Waals surface area contributed by atoms with Gasteiger partial charge in [-0.05, 0) is 11.6 Å². The van der Waals surface area contributed by atoms with E-state index in [4.69, 9.17) is 11.6 Å². The van der Waals surface area contributed by atoms with Gasteiger partial charge in [0.25, 0.3) is 0 Å². The Kier molecular flexibility index (Phi) is 3.66. The van der Waals surface area contributed by atoms with E-state index in [9.17, 15) is 0 Å². The van der Waals surface area contributed by atoms with Crippen LogP contribution >= 0.6 is 22.9 Å². The smallest absolute Gasteiger partial charge is 0.113 e. The minimum Gasteiger partial charge on any atom is -0.306 e. The van der Waals surface area contributed by atoms with Gasteiger partial charge >= 0.3 is 0 Å². The molecule has 2 rings (SSSR count). The molecule has 0 aromatic carbocycles. The van der Waals surface area contributed by atoms with Crippen LogP contribution in [0.15, 0.2) is 30.7 Å². The number of nitrogens with zero attached hydrogens (tertiary/aromatic N) is 2. The highest BCUT2D eigenvalue weighted by atomic mass is 35.5. The van der Waals surface area contributed by atoms with E-state index >= 15 is 0 Å². The molecule has 0 atom stereocenters. The molecule has 78 valence electrons. The summed E-state index contributed by atoms with van der Waals surface area (Å²) in [7, 11) is 0.